The Labute approximate surface area is 115 Å². The van der Waals surface area contributed by atoms with E-state index in [4.69, 9.17) is 4.74 Å². The van der Waals surface area contributed by atoms with E-state index in [9.17, 15) is 27.7 Å². The average molecular weight is 302 g/mol. The highest BCUT2D eigenvalue weighted by Crippen LogP contribution is 2.31. The summed E-state index contributed by atoms with van der Waals surface area (Å²) in [5, 5.41) is 10.6. The van der Waals surface area contributed by atoms with Crippen molar-refractivity contribution in [3.63, 3.8) is 0 Å². The highest BCUT2D eigenvalue weighted by molar-refractivity contribution is 5.45. The van der Waals surface area contributed by atoms with E-state index in [-0.39, 0.29) is 17.0 Å². The van der Waals surface area contributed by atoms with Crippen LogP contribution in [0.25, 0.3) is 0 Å². The maximum atomic E-state index is 13.4. The van der Waals surface area contributed by atoms with E-state index in [1.807, 2.05) is 0 Å². The number of nitrogens with zero attached hydrogens (tertiary/aromatic N) is 2. The van der Waals surface area contributed by atoms with E-state index in [0.717, 1.165) is 18.2 Å². The van der Waals surface area contributed by atoms with Crippen LogP contribution in [0.15, 0.2) is 18.2 Å². The molecule has 0 fully saturated rings. The number of hydrogen-bond acceptors (Lipinski definition) is 4. The quantitative estimate of drug-likeness (QED) is 0.376. The zero-order valence-corrected chi connectivity index (χ0v) is 10.4. The van der Waals surface area contributed by atoms with Crippen molar-refractivity contribution in [3.05, 3.63) is 57.4 Å². The average Bonchev–Trinajstić information content (AvgIpc) is 2.41. The van der Waals surface area contributed by atoms with Crippen molar-refractivity contribution in [2.45, 2.75) is 6.92 Å². The minimum Gasteiger partial charge on any atom is -0.451 e. The minimum atomic E-state index is -1.86. The molecule has 21 heavy (non-hydrogen) atoms. The van der Waals surface area contributed by atoms with Gasteiger partial charge in [-0.25, -0.2) is 0 Å². The molecule has 1 aromatic heterocycles. The van der Waals surface area contributed by atoms with Crippen LogP contribution in [0.4, 0.5) is 23.2 Å². The second kappa shape index (κ2) is 5.35. The molecule has 1 heterocycles. The topological polar surface area (TPSA) is 65.3 Å². The lowest BCUT2D eigenvalue weighted by Gasteiger charge is -2.09. The Hall–Kier alpha value is -2.71. The fraction of sp³-hybridized carbons (Fsp3) is 0.0833. The summed E-state index contributed by atoms with van der Waals surface area (Å²) in [7, 11) is 0. The number of ether oxygens (including phenoxy) is 1. The smallest absolute Gasteiger partial charge is 0.272 e. The van der Waals surface area contributed by atoms with E-state index in [1.54, 1.807) is 0 Å². The SMILES string of the molecule is Cc1cc(Oc2c(F)c(F)nc(F)c2F)ccc1[N+](=O)[O-]. The molecule has 2 rings (SSSR count). The Bertz CT molecular complexity index is 711. The number of nitro groups is 1. The van der Waals surface area contributed by atoms with Crippen LogP contribution >= 0.6 is 0 Å². The first kappa shape index (κ1) is 14.7. The van der Waals surface area contributed by atoms with Gasteiger partial charge >= 0.3 is 0 Å². The Balaban J connectivity index is 2.44. The zero-order valence-electron chi connectivity index (χ0n) is 10.4. The third-order valence-corrected chi connectivity index (χ3v) is 2.54. The predicted molar refractivity (Wildman–Crippen MR) is 62.0 cm³/mol. The van der Waals surface area contributed by atoms with Crippen molar-refractivity contribution in [2.75, 3.05) is 0 Å². The van der Waals surface area contributed by atoms with Crippen LogP contribution in [0.1, 0.15) is 5.56 Å². The molecule has 0 amide bonds. The van der Waals surface area contributed by atoms with Gasteiger partial charge in [0, 0.05) is 11.6 Å². The van der Waals surface area contributed by atoms with Crippen molar-refractivity contribution in [1.29, 1.82) is 0 Å². The molecule has 9 heteroatoms. The van der Waals surface area contributed by atoms with Gasteiger partial charge in [0.15, 0.2) is 0 Å². The van der Waals surface area contributed by atoms with Gasteiger partial charge < -0.3 is 4.74 Å². The van der Waals surface area contributed by atoms with Crippen molar-refractivity contribution in [3.8, 4) is 11.5 Å². The Morgan fingerprint density at radius 1 is 1.14 bits per heavy atom. The number of halogens is 4. The second-order valence-corrected chi connectivity index (χ2v) is 3.96. The first-order chi connectivity index (χ1) is 9.81. The molecule has 2 aromatic rings. The summed E-state index contributed by atoms with van der Waals surface area (Å²) in [6.07, 6.45) is 0. The molecule has 110 valence electrons. The lowest BCUT2D eigenvalue weighted by molar-refractivity contribution is -0.385. The largest absolute Gasteiger partial charge is 0.451 e. The molecule has 5 nitrogen and oxygen atoms in total. The highest BCUT2D eigenvalue weighted by atomic mass is 19.2. The van der Waals surface area contributed by atoms with Crippen LogP contribution < -0.4 is 4.74 Å². The third-order valence-electron chi connectivity index (χ3n) is 2.54. The standard InChI is InChI=1S/C12H6F4N2O3/c1-5-4-6(2-3-7(5)18(19)20)21-10-8(13)11(15)17-12(16)9(10)14/h2-4H,1H3. The number of rotatable bonds is 3. The Morgan fingerprint density at radius 2 is 1.71 bits per heavy atom. The molecule has 0 spiro atoms. The molecule has 0 aliphatic rings. The van der Waals surface area contributed by atoms with Gasteiger partial charge in [0.1, 0.15) is 5.75 Å². The van der Waals surface area contributed by atoms with Gasteiger partial charge in [-0.1, -0.05) is 0 Å². The summed E-state index contributed by atoms with van der Waals surface area (Å²) in [6.45, 7) is 1.37. The van der Waals surface area contributed by atoms with Crippen molar-refractivity contribution < 1.29 is 27.2 Å². The molecule has 0 saturated carbocycles. The first-order valence-electron chi connectivity index (χ1n) is 5.44. The molecule has 0 aliphatic carbocycles. The number of nitro benzene ring substituents is 1. The summed E-state index contributed by atoms with van der Waals surface area (Å²) >= 11 is 0. The van der Waals surface area contributed by atoms with Gasteiger partial charge in [-0.3, -0.25) is 10.1 Å². The van der Waals surface area contributed by atoms with E-state index in [2.05, 4.69) is 4.98 Å². The monoisotopic (exact) mass is 302 g/mol. The molecular weight excluding hydrogens is 296 g/mol. The van der Waals surface area contributed by atoms with Crippen LogP contribution in [0.3, 0.4) is 0 Å². The molecule has 0 aliphatic heterocycles. The maximum absolute atomic E-state index is 13.4. The minimum absolute atomic E-state index is 0.147. The summed E-state index contributed by atoms with van der Waals surface area (Å²) in [6, 6.07) is 3.18. The number of aryl methyl sites for hydroxylation is 1. The van der Waals surface area contributed by atoms with Gasteiger partial charge in [0.2, 0.25) is 17.4 Å². The van der Waals surface area contributed by atoms with E-state index >= 15 is 0 Å². The summed E-state index contributed by atoms with van der Waals surface area (Å²) in [4.78, 5) is 12.3. The molecule has 1 aromatic carbocycles. The molecule has 0 saturated heterocycles. The number of hydrogen-bond donors (Lipinski definition) is 0. The maximum Gasteiger partial charge on any atom is 0.272 e. The molecule has 0 N–H and O–H groups in total. The van der Waals surface area contributed by atoms with Gasteiger partial charge in [-0.15, -0.1) is 0 Å². The van der Waals surface area contributed by atoms with Gasteiger partial charge in [0.25, 0.3) is 17.6 Å². The lowest BCUT2D eigenvalue weighted by atomic mass is 10.2. The fourth-order valence-corrected chi connectivity index (χ4v) is 1.57. The lowest BCUT2D eigenvalue weighted by Crippen LogP contribution is -2.03. The van der Waals surface area contributed by atoms with Crippen LogP contribution in [-0.2, 0) is 0 Å². The molecular formula is C12H6F4N2O3. The van der Waals surface area contributed by atoms with Crippen LogP contribution in [0.5, 0.6) is 11.5 Å². The van der Waals surface area contributed by atoms with Gasteiger partial charge in [-0.05, 0) is 19.1 Å². The first-order valence-corrected chi connectivity index (χ1v) is 5.44. The van der Waals surface area contributed by atoms with Crippen LogP contribution in [0.2, 0.25) is 0 Å². The van der Waals surface area contributed by atoms with Crippen LogP contribution in [-0.4, -0.2) is 9.91 Å². The predicted octanol–water partition coefficient (Wildman–Crippen LogP) is 3.65. The fourth-order valence-electron chi connectivity index (χ4n) is 1.57. The Morgan fingerprint density at radius 3 is 2.19 bits per heavy atom. The van der Waals surface area contributed by atoms with Crippen LogP contribution in [0, 0.1) is 40.6 Å². The second-order valence-electron chi connectivity index (χ2n) is 3.96. The van der Waals surface area contributed by atoms with E-state index in [0.29, 0.717) is 0 Å². The van der Waals surface area contributed by atoms with Crippen molar-refractivity contribution in [1.82, 2.24) is 4.98 Å². The number of benzene rings is 1. The summed E-state index contributed by atoms with van der Waals surface area (Å²) < 4.78 is 57.3. The molecule has 0 bridgehead atoms. The third kappa shape index (κ3) is 2.76. The number of aromatic nitrogens is 1. The van der Waals surface area contributed by atoms with Gasteiger partial charge in [0.05, 0.1) is 4.92 Å². The number of pyridine rings is 1. The molecule has 0 unspecified atom stereocenters. The van der Waals surface area contributed by atoms with E-state index in [1.165, 1.54) is 6.92 Å². The van der Waals surface area contributed by atoms with E-state index < -0.39 is 34.2 Å². The highest BCUT2D eigenvalue weighted by Gasteiger charge is 2.23. The zero-order chi connectivity index (χ0) is 15.7. The van der Waals surface area contributed by atoms with Crippen molar-refractivity contribution >= 4 is 5.69 Å². The molecule has 0 radical (unpaired) electrons. The molecule has 0 atom stereocenters. The van der Waals surface area contributed by atoms with Gasteiger partial charge in [-0.2, -0.15) is 22.5 Å². The van der Waals surface area contributed by atoms with Crippen molar-refractivity contribution in [2.24, 2.45) is 0 Å². The summed E-state index contributed by atoms with van der Waals surface area (Å²) in [5.41, 5.74) is -0.0938. The Kier molecular flexibility index (Phi) is 3.74. The summed E-state index contributed by atoms with van der Waals surface area (Å²) in [5.74, 6) is -8.85. The normalized spacial score (nSPS) is 10.5.